The van der Waals surface area contributed by atoms with Gasteiger partial charge in [-0.1, -0.05) is 11.8 Å². The topological polar surface area (TPSA) is 80.5 Å². The summed E-state index contributed by atoms with van der Waals surface area (Å²) in [6.07, 6.45) is 2.33. The monoisotopic (exact) mass is 300 g/mol. The molecule has 0 unspecified atom stereocenters. The molecule has 0 bridgehead atoms. The summed E-state index contributed by atoms with van der Waals surface area (Å²) >= 11 is 1.21. The van der Waals surface area contributed by atoms with Gasteiger partial charge in [0.2, 0.25) is 5.95 Å². The highest BCUT2D eigenvalue weighted by Gasteiger charge is 2.32. The fourth-order valence-electron chi connectivity index (χ4n) is 2.02. The number of rotatable bonds is 9. The molecule has 1 heterocycles. The van der Waals surface area contributed by atoms with Gasteiger partial charge in [-0.05, 0) is 19.8 Å². The zero-order valence-electron chi connectivity index (χ0n) is 11.8. The van der Waals surface area contributed by atoms with E-state index in [1.807, 2.05) is 11.5 Å². The number of methoxy groups -OCH3 is 1. The maximum atomic E-state index is 10.7. The summed E-state index contributed by atoms with van der Waals surface area (Å²) in [6.45, 7) is 4.16. The average Bonchev–Trinajstić information content (AvgIpc) is 3.17. The Morgan fingerprint density at radius 2 is 2.30 bits per heavy atom. The quantitative estimate of drug-likeness (QED) is 0.684. The first kappa shape index (κ1) is 15.1. The maximum absolute atomic E-state index is 10.7. The Balaban J connectivity index is 2.14. The van der Waals surface area contributed by atoms with Crippen LogP contribution < -0.4 is 4.90 Å². The van der Waals surface area contributed by atoms with Gasteiger partial charge >= 0.3 is 5.97 Å². The zero-order valence-corrected chi connectivity index (χ0v) is 12.6. The highest BCUT2D eigenvalue weighted by molar-refractivity contribution is 7.99. The number of anilines is 1. The number of ether oxygens (including phenoxy) is 1. The minimum atomic E-state index is -0.847. The second-order valence-electron chi connectivity index (χ2n) is 4.63. The van der Waals surface area contributed by atoms with Crippen LogP contribution in [0.25, 0.3) is 0 Å². The van der Waals surface area contributed by atoms with Crippen molar-refractivity contribution in [1.82, 2.24) is 14.8 Å². The van der Waals surface area contributed by atoms with Gasteiger partial charge in [0.1, 0.15) is 0 Å². The van der Waals surface area contributed by atoms with E-state index in [0.29, 0.717) is 17.8 Å². The van der Waals surface area contributed by atoms with Gasteiger partial charge in [0.25, 0.3) is 0 Å². The van der Waals surface area contributed by atoms with Crippen molar-refractivity contribution in [3.63, 3.8) is 0 Å². The van der Waals surface area contributed by atoms with E-state index in [9.17, 15) is 4.79 Å². The van der Waals surface area contributed by atoms with E-state index in [2.05, 4.69) is 15.1 Å². The molecule has 112 valence electrons. The fraction of sp³-hybridized carbons (Fsp3) is 0.750. The van der Waals surface area contributed by atoms with E-state index in [1.54, 1.807) is 7.11 Å². The predicted molar refractivity (Wildman–Crippen MR) is 76.3 cm³/mol. The van der Waals surface area contributed by atoms with Crippen LogP contribution in [0.15, 0.2) is 5.16 Å². The van der Waals surface area contributed by atoms with Crippen molar-refractivity contribution in [1.29, 1.82) is 0 Å². The van der Waals surface area contributed by atoms with Crippen molar-refractivity contribution in [3.05, 3.63) is 0 Å². The van der Waals surface area contributed by atoms with Gasteiger partial charge in [-0.15, -0.1) is 10.2 Å². The first-order valence-corrected chi connectivity index (χ1v) is 7.69. The van der Waals surface area contributed by atoms with Crippen LogP contribution in [0.1, 0.15) is 19.8 Å². The lowest BCUT2D eigenvalue weighted by molar-refractivity contribution is -0.133. The second kappa shape index (κ2) is 6.94. The molecule has 0 aromatic carbocycles. The van der Waals surface area contributed by atoms with E-state index in [-0.39, 0.29) is 5.75 Å². The van der Waals surface area contributed by atoms with Crippen LogP contribution in [0, 0.1) is 0 Å². The summed E-state index contributed by atoms with van der Waals surface area (Å²) in [5.41, 5.74) is 0. The van der Waals surface area contributed by atoms with E-state index in [0.717, 1.165) is 31.9 Å². The van der Waals surface area contributed by atoms with Crippen molar-refractivity contribution >= 4 is 23.7 Å². The lowest BCUT2D eigenvalue weighted by Gasteiger charge is -2.23. The number of thioether (sulfide) groups is 1. The molecule has 1 N–H and O–H groups in total. The largest absolute Gasteiger partial charge is 0.481 e. The Morgan fingerprint density at radius 3 is 2.85 bits per heavy atom. The fourth-order valence-corrected chi connectivity index (χ4v) is 2.74. The lowest BCUT2D eigenvalue weighted by Crippen LogP contribution is -2.32. The molecule has 1 aromatic rings. The summed E-state index contributed by atoms with van der Waals surface area (Å²) in [6, 6.07) is 0.511. The van der Waals surface area contributed by atoms with Crippen molar-refractivity contribution in [2.45, 2.75) is 37.5 Å². The average molecular weight is 300 g/mol. The van der Waals surface area contributed by atoms with Crippen molar-refractivity contribution < 1.29 is 14.6 Å². The van der Waals surface area contributed by atoms with Crippen molar-refractivity contribution in [2.24, 2.45) is 0 Å². The van der Waals surface area contributed by atoms with Gasteiger partial charge in [0.05, 0.1) is 12.4 Å². The van der Waals surface area contributed by atoms with E-state index in [1.165, 1.54) is 11.8 Å². The third-order valence-electron chi connectivity index (χ3n) is 3.12. The number of carbonyl (C=O) groups is 1. The predicted octanol–water partition coefficient (Wildman–Crippen LogP) is 1.09. The smallest absolute Gasteiger partial charge is 0.313 e. The summed E-state index contributed by atoms with van der Waals surface area (Å²) in [4.78, 5) is 12.9. The first-order chi connectivity index (χ1) is 9.67. The molecular formula is C12H20N4O3S. The van der Waals surface area contributed by atoms with Crippen LogP contribution in [-0.2, 0) is 16.1 Å². The number of aliphatic carboxylic acids is 1. The molecule has 2 rings (SSSR count). The van der Waals surface area contributed by atoms with Gasteiger partial charge in [-0.25, -0.2) is 0 Å². The zero-order chi connectivity index (χ0) is 14.5. The van der Waals surface area contributed by atoms with Gasteiger partial charge in [0.15, 0.2) is 5.16 Å². The van der Waals surface area contributed by atoms with Crippen molar-refractivity contribution in [2.75, 3.05) is 30.9 Å². The maximum Gasteiger partial charge on any atom is 0.313 e. The first-order valence-electron chi connectivity index (χ1n) is 6.70. The van der Waals surface area contributed by atoms with E-state index >= 15 is 0 Å². The molecule has 20 heavy (non-hydrogen) atoms. The number of aromatic nitrogens is 3. The number of nitrogens with zero attached hydrogens (tertiary/aromatic N) is 4. The highest BCUT2D eigenvalue weighted by atomic mass is 32.2. The number of carboxylic acids is 1. The van der Waals surface area contributed by atoms with Gasteiger partial charge in [-0.3, -0.25) is 9.36 Å². The molecule has 0 spiro atoms. The Kier molecular flexibility index (Phi) is 5.24. The van der Waals surface area contributed by atoms with Crippen LogP contribution in [0.5, 0.6) is 0 Å². The van der Waals surface area contributed by atoms with E-state index < -0.39 is 5.97 Å². The Bertz CT molecular complexity index is 462. The SMILES string of the molecule is CCn1c(SCC(=O)O)nnc1N(CCOC)C1CC1. The molecule has 0 radical (unpaired) electrons. The minimum Gasteiger partial charge on any atom is -0.481 e. The molecule has 1 aromatic heterocycles. The molecule has 0 saturated heterocycles. The van der Waals surface area contributed by atoms with Crippen LogP contribution in [-0.4, -0.2) is 57.9 Å². The highest BCUT2D eigenvalue weighted by Crippen LogP contribution is 2.32. The van der Waals surface area contributed by atoms with Gasteiger partial charge in [0, 0.05) is 26.2 Å². The molecule has 0 amide bonds. The molecule has 1 aliphatic rings. The normalized spacial score (nSPS) is 14.5. The molecule has 0 atom stereocenters. The van der Waals surface area contributed by atoms with Crippen molar-refractivity contribution in [3.8, 4) is 0 Å². The third kappa shape index (κ3) is 3.63. The van der Waals surface area contributed by atoms with E-state index in [4.69, 9.17) is 9.84 Å². The minimum absolute atomic E-state index is 0.000364. The Morgan fingerprint density at radius 1 is 1.55 bits per heavy atom. The van der Waals surface area contributed by atoms with Crippen LogP contribution in [0.4, 0.5) is 5.95 Å². The number of carboxylic acid groups (broad SMARTS) is 1. The molecular weight excluding hydrogens is 280 g/mol. The van der Waals surface area contributed by atoms with Crippen LogP contribution in [0.3, 0.4) is 0 Å². The summed E-state index contributed by atoms with van der Waals surface area (Å²) in [7, 11) is 1.68. The summed E-state index contributed by atoms with van der Waals surface area (Å²) in [5, 5.41) is 17.8. The molecule has 7 nitrogen and oxygen atoms in total. The standard InChI is InChI=1S/C12H20N4O3S/c1-3-15-11(13-14-12(15)20-8-10(17)18)16(6-7-19-2)9-4-5-9/h9H,3-8H2,1-2H3,(H,17,18). The summed E-state index contributed by atoms with van der Waals surface area (Å²) < 4.78 is 7.12. The molecule has 1 aliphatic carbocycles. The van der Waals surface area contributed by atoms with Crippen LogP contribution >= 0.6 is 11.8 Å². The Labute approximate surface area is 122 Å². The molecule has 1 saturated carbocycles. The molecule has 8 heteroatoms. The van der Waals surface area contributed by atoms with Crippen LogP contribution in [0.2, 0.25) is 0 Å². The molecule has 0 aliphatic heterocycles. The second-order valence-corrected chi connectivity index (χ2v) is 5.57. The molecule has 1 fully saturated rings. The Hall–Kier alpha value is -1.28. The number of hydrogen-bond donors (Lipinski definition) is 1. The lowest BCUT2D eigenvalue weighted by atomic mass is 10.5. The van der Waals surface area contributed by atoms with Gasteiger partial charge in [-0.2, -0.15) is 0 Å². The number of hydrogen-bond acceptors (Lipinski definition) is 6. The van der Waals surface area contributed by atoms with Gasteiger partial charge < -0.3 is 14.7 Å². The summed E-state index contributed by atoms with van der Waals surface area (Å²) in [5.74, 6) is -0.0276. The third-order valence-corrected chi connectivity index (χ3v) is 4.07.